The predicted octanol–water partition coefficient (Wildman–Crippen LogP) is 23.5. The number of hydrogen-bond donors (Lipinski definition) is 0. The van der Waals surface area contributed by atoms with Crippen LogP contribution in [0.5, 0.6) is 0 Å². The van der Waals surface area contributed by atoms with Crippen LogP contribution in [0, 0.1) is 0 Å². The molecular weight excluding hydrogens is 1260 g/mol. The summed E-state index contributed by atoms with van der Waals surface area (Å²) in [7, 11) is 0. The highest BCUT2D eigenvalue weighted by atomic mass is 16.3. The average Bonchev–Trinajstić information content (AvgIpc) is 1.53. The Balaban J connectivity index is 0.000000160. The molecule has 0 saturated carbocycles. The van der Waals surface area contributed by atoms with Crippen LogP contribution in [0.1, 0.15) is 42.5 Å². The summed E-state index contributed by atoms with van der Waals surface area (Å²) in [6, 6.07) is 18.8. The summed E-state index contributed by atoms with van der Waals surface area (Å²) in [6.07, 6.45) is 0. The van der Waals surface area contributed by atoms with E-state index in [2.05, 4.69) is 9.97 Å². The maximum absolute atomic E-state index is 9.62. The van der Waals surface area contributed by atoms with Crippen molar-refractivity contribution in [3.05, 3.63) is 315 Å². The van der Waals surface area contributed by atoms with Gasteiger partial charge in [-0.05, 0) is 107 Å². The second-order valence-corrected chi connectivity index (χ2v) is 23.3. The van der Waals surface area contributed by atoms with E-state index in [-0.39, 0.29) is 144 Å². The van der Waals surface area contributed by atoms with Crippen molar-refractivity contribution < 1.29 is 60.2 Å². The molecule has 8 aromatic heterocycles. The molecule has 102 heavy (non-hydrogen) atoms. The van der Waals surface area contributed by atoms with Gasteiger partial charge in [0.1, 0.15) is 44.7 Å². The SMILES string of the molecule is [2H]c1c([2H])c(-c2ccccc2)c2c(oc3c([2H])c(-c4nc(-c5ccccc5)nc(-n5c6c([2H])c([2H])c([2H])c([2H])c6c6c([2H])c([2H])c7oc8c([2H])c([2H])c([2H])c([2H])c8c7c65)n4)c([2H])c([2H])c32)c1[2H].[2H]c1c([2H])c([2H])c(-c2nc(-c3ccc4c(c3)oc3cccc(-c5ccccc5)c34)nc(-n3c4c([2H])c([2H])c([2H])c([2H])c4c4c([2H])c([2H])c5oc6c([2H])c([2H])c([2H])c([2H])c6c5c43)n2)c([2H])c1[2H]. The van der Waals surface area contributed by atoms with Crippen LogP contribution in [0.3, 0.4) is 0 Å². The zero-order valence-electron chi connectivity index (χ0n) is 82.8. The summed E-state index contributed by atoms with van der Waals surface area (Å²) in [5, 5.41) is -0.134. The van der Waals surface area contributed by atoms with E-state index in [0.29, 0.717) is 22.3 Å². The van der Waals surface area contributed by atoms with Crippen LogP contribution in [0.4, 0.5) is 0 Å². The number of hydrogen-bond acceptors (Lipinski definition) is 10. The highest BCUT2D eigenvalue weighted by Gasteiger charge is 2.26. The van der Waals surface area contributed by atoms with Crippen molar-refractivity contribution in [2.75, 3.05) is 0 Å². The largest absolute Gasteiger partial charge is 0.456 e. The molecule has 0 unspecified atom stereocenters. The van der Waals surface area contributed by atoms with Crippen LogP contribution in [-0.2, 0) is 0 Å². The standard InChI is InChI=1S/2C45H26N4O2/c2*1-3-12-27(13-4-1)30-18-11-21-37-40(30)34-23-22-29(26-39(34)51-37)44-46-43(28-14-5-2-6-15-28)47-45(48-44)49-35-19-9-7-16-31(35)32-24-25-38-41(42(32)49)33-17-8-10-20-36(33)50-38/h2*1-26H/i7D,8D,9D,10D,11D,16D,17D,18D,19D,20D,21D,22D,23D,24D,25D,26D;2D,5D,6D,7D,8D,9D,10D,14D,15D,16D,17D,19D,20D,24D,25D. The van der Waals surface area contributed by atoms with Crippen molar-refractivity contribution in [2.45, 2.75) is 0 Å². The fourth-order valence-corrected chi connectivity index (χ4v) is 13.2. The van der Waals surface area contributed by atoms with Gasteiger partial charge in [-0.15, -0.1) is 0 Å². The van der Waals surface area contributed by atoms with Gasteiger partial charge in [0.05, 0.1) is 75.3 Å². The Kier molecular flexibility index (Phi) is 7.67. The van der Waals surface area contributed by atoms with Gasteiger partial charge < -0.3 is 17.7 Å². The Morgan fingerprint density at radius 1 is 0.245 bits per heavy atom. The Hall–Kier alpha value is -14.1. The normalized spacial score (nSPS) is 16.2. The van der Waals surface area contributed by atoms with E-state index in [9.17, 15) is 9.60 Å². The third-order valence-corrected chi connectivity index (χ3v) is 17.5. The van der Waals surface area contributed by atoms with E-state index in [1.54, 1.807) is 78.9 Å². The molecule has 476 valence electrons. The zero-order valence-corrected chi connectivity index (χ0v) is 51.8. The molecule has 0 saturated heterocycles. The molecule has 14 aromatic carbocycles. The van der Waals surface area contributed by atoms with Gasteiger partial charge in [-0.1, -0.05) is 230 Å². The molecule has 0 amide bonds. The second kappa shape index (κ2) is 22.7. The van der Waals surface area contributed by atoms with E-state index in [0.717, 1.165) is 31.0 Å². The molecule has 8 heterocycles. The first-order valence-corrected chi connectivity index (χ1v) is 31.4. The fourth-order valence-electron chi connectivity index (χ4n) is 13.2. The highest BCUT2D eigenvalue weighted by Crippen LogP contribution is 2.45. The van der Waals surface area contributed by atoms with Crippen LogP contribution >= 0.6 is 0 Å². The molecule has 0 aliphatic rings. The Labute approximate surface area is 623 Å². The molecule has 0 aliphatic heterocycles. The highest BCUT2D eigenvalue weighted by molar-refractivity contribution is 6.26. The van der Waals surface area contributed by atoms with Crippen LogP contribution in [0.15, 0.2) is 332 Å². The molecule has 0 fully saturated rings. The Bertz CT molecular complexity index is 9090. The first-order chi connectivity index (χ1) is 63.5. The lowest BCUT2D eigenvalue weighted by Crippen LogP contribution is -2.06. The lowest BCUT2D eigenvalue weighted by atomic mass is 9.99. The smallest absolute Gasteiger partial charge is 0.238 e. The van der Waals surface area contributed by atoms with Gasteiger partial charge in [0.2, 0.25) is 11.9 Å². The van der Waals surface area contributed by atoms with Crippen molar-refractivity contribution in [1.29, 1.82) is 0 Å². The van der Waals surface area contributed by atoms with Crippen molar-refractivity contribution in [2.24, 2.45) is 0 Å². The number of furan rings is 4. The van der Waals surface area contributed by atoms with Crippen molar-refractivity contribution >= 4 is 131 Å². The maximum Gasteiger partial charge on any atom is 0.238 e. The average molecular weight is 1340 g/mol. The molecule has 0 atom stereocenters. The second-order valence-electron chi connectivity index (χ2n) is 23.3. The van der Waals surface area contributed by atoms with E-state index in [1.807, 2.05) is 48.5 Å². The summed E-state index contributed by atoms with van der Waals surface area (Å²) in [5.74, 6) is -1.96. The van der Waals surface area contributed by atoms with Gasteiger partial charge in [0.25, 0.3) is 0 Å². The minimum absolute atomic E-state index is 0.0708. The van der Waals surface area contributed by atoms with E-state index >= 15 is 0 Å². The van der Waals surface area contributed by atoms with Gasteiger partial charge in [-0.25, -0.2) is 9.97 Å². The first-order valence-electron chi connectivity index (χ1n) is 46.9. The predicted molar refractivity (Wildman–Crippen MR) is 410 cm³/mol. The van der Waals surface area contributed by atoms with Gasteiger partial charge in [0, 0.05) is 76.1 Å². The van der Waals surface area contributed by atoms with E-state index in [1.165, 1.54) is 0 Å². The monoisotopic (exact) mass is 1340 g/mol. The van der Waals surface area contributed by atoms with Crippen molar-refractivity contribution in [3.63, 3.8) is 0 Å². The number of nitrogens with zero attached hydrogens (tertiary/aromatic N) is 8. The Morgan fingerprint density at radius 3 is 1.32 bits per heavy atom. The minimum Gasteiger partial charge on any atom is -0.456 e. The third-order valence-electron chi connectivity index (χ3n) is 17.5. The molecule has 0 radical (unpaired) electrons. The number of para-hydroxylation sites is 4. The van der Waals surface area contributed by atoms with Crippen molar-refractivity contribution in [3.8, 4) is 79.7 Å². The summed E-state index contributed by atoms with van der Waals surface area (Å²) in [4.78, 5) is 28.4. The molecule has 0 bridgehead atoms. The molecule has 12 heteroatoms. The number of aromatic nitrogens is 8. The summed E-state index contributed by atoms with van der Waals surface area (Å²) >= 11 is 0. The Morgan fingerprint density at radius 2 is 0.706 bits per heavy atom. The topological polar surface area (TPSA) is 140 Å². The summed E-state index contributed by atoms with van der Waals surface area (Å²) < 4.78 is 302. The molecule has 22 aromatic rings. The van der Waals surface area contributed by atoms with Crippen LogP contribution in [-0.4, -0.2) is 39.0 Å². The molecule has 0 aliphatic carbocycles. The zero-order chi connectivity index (χ0) is 93.9. The fraction of sp³-hybridized carbons (Fsp3) is 0. The quantitative estimate of drug-likeness (QED) is 0.144. The number of fused-ring (bicyclic) bond motifs is 20. The van der Waals surface area contributed by atoms with Crippen LogP contribution < -0.4 is 0 Å². The lowest BCUT2D eigenvalue weighted by molar-refractivity contribution is 0.668. The maximum atomic E-state index is 9.62. The summed E-state index contributed by atoms with van der Waals surface area (Å²) in [6.45, 7) is 0. The van der Waals surface area contributed by atoms with E-state index in [4.69, 9.17) is 70.5 Å². The molecule has 22 rings (SSSR count). The number of benzene rings is 14. The van der Waals surface area contributed by atoms with Crippen LogP contribution in [0.25, 0.3) is 211 Å². The third kappa shape index (κ3) is 9.03. The molecule has 0 N–H and O–H groups in total. The van der Waals surface area contributed by atoms with E-state index < -0.39 is 210 Å². The molecule has 0 spiro atoms. The van der Waals surface area contributed by atoms with Crippen molar-refractivity contribution in [1.82, 2.24) is 39.0 Å². The number of rotatable bonds is 8. The first kappa shape index (κ1) is 34.4. The minimum atomic E-state index is -0.699. The van der Waals surface area contributed by atoms with Gasteiger partial charge in [-0.2, -0.15) is 19.9 Å². The van der Waals surface area contributed by atoms with Gasteiger partial charge >= 0.3 is 0 Å². The van der Waals surface area contributed by atoms with Crippen LogP contribution in [0.2, 0.25) is 0 Å². The van der Waals surface area contributed by atoms with Gasteiger partial charge in [0.15, 0.2) is 23.3 Å². The molecule has 12 nitrogen and oxygen atoms in total. The lowest BCUT2D eigenvalue weighted by Gasteiger charge is -2.11. The van der Waals surface area contributed by atoms with Gasteiger partial charge in [-0.3, -0.25) is 9.13 Å². The summed E-state index contributed by atoms with van der Waals surface area (Å²) in [5.41, 5.74) is 0.425. The molecular formula is C90H52N8O4.